The fourth-order valence-corrected chi connectivity index (χ4v) is 6.98. The number of thiazole rings is 1. The number of rotatable bonds is 6. The first-order valence-corrected chi connectivity index (χ1v) is 15.3. The maximum atomic E-state index is 14.4. The first kappa shape index (κ1) is 28.8. The second kappa shape index (κ2) is 11.4. The molecule has 4 aromatic rings. The van der Waals surface area contributed by atoms with Gasteiger partial charge in [0, 0.05) is 10.0 Å². The lowest BCUT2D eigenvalue weighted by Gasteiger charge is -2.25. The van der Waals surface area contributed by atoms with Crippen molar-refractivity contribution in [2.45, 2.75) is 39.5 Å². The number of fused-ring (bicyclic) bond motifs is 2. The van der Waals surface area contributed by atoms with Gasteiger partial charge >= 0.3 is 5.97 Å². The van der Waals surface area contributed by atoms with Crippen LogP contribution in [0.4, 0.5) is 5.69 Å². The topological polar surface area (TPSA) is 90.2 Å². The van der Waals surface area contributed by atoms with Crippen molar-refractivity contribution in [2.24, 2.45) is 4.99 Å². The summed E-state index contributed by atoms with van der Waals surface area (Å²) in [4.78, 5) is 48.8. The molecule has 1 aromatic heterocycles. The summed E-state index contributed by atoms with van der Waals surface area (Å²) in [6.45, 7) is 5.63. The van der Waals surface area contributed by atoms with E-state index < -0.39 is 17.6 Å². The molecule has 1 atom stereocenters. The Morgan fingerprint density at radius 1 is 1.05 bits per heavy atom. The number of carbonyl (C=O) groups is 2. The minimum atomic E-state index is -0.828. The molecule has 3 aromatic carbocycles. The van der Waals surface area contributed by atoms with Gasteiger partial charge in [0.25, 0.3) is 11.5 Å². The highest BCUT2D eigenvalue weighted by atomic mass is 79.9. The SMILES string of the molecule is COc1cccc([C@@H]2C(C(=O)OC(C)C)=C(C)N=c3s/c(=C4/C(=O)N(Cc5ccccc5)c5ccc(Br)cc54)c(=O)n32)c1. The van der Waals surface area contributed by atoms with Crippen LogP contribution in [0.2, 0.25) is 0 Å². The Morgan fingerprint density at radius 2 is 1.81 bits per heavy atom. The van der Waals surface area contributed by atoms with Gasteiger partial charge in [-0.05, 0) is 62.2 Å². The molecule has 218 valence electrons. The van der Waals surface area contributed by atoms with Crippen LogP contribution in [0, 0.1) is 0 Å². The van der Waals surface area contributed by atoms with Crippen molar-refractivity contribution in [2.75, 3.05) is 12.0 Å². The Labute approximate surface area is 260 Å². The average Bonchev–Trinajstić information content (AvgIpc) is 3.44. The number of aromatic nitrogens is 1. The van der Waals surface area contributed by atoms with Gasteiger partial charge in [-0.1, -0.05) is 69.7 Å². The normalized spacial score (nSPS) is 17.1. The van der Waals surface area contributed by atoms with Crippen molar-refractivity contribution < 1.29 is 19.1 Å². The molecule has 0 bridgehead atoms. The zero-order chi connectivity index (χ0) is 30.4. The van der Waals surface area contributed by atoms with E-state index in [0.717, 1.165) is 27.1 Å². The summed E-state index contributed by atoms with van der Waals surface area (Å²) in [5.41, 5.74) is 3.62. The summed E-state index contributed by atoms with van der Waals surface area (Å²) in [7, 11) is 1.56. The minimum Gasteiger partial charge on any atom is -0.497 e. The number of hydrogen-bond donors (Lipinski definition) is 0. The van der Waals surface area contributed by atoms with Crippen molar-refractivity contribution in [1.82, 2.24) is 4.57 Å². The van der Waals surface area contributed by atoms with Gasteiger partial charge in [-0.15, -0.1) is 0 Å². The Bertz CT molecular complexity index is 1990. The Balaban J connectivity index is 1.60. The van der Waals surface area contributed by atoms with Crippen molar-refractivity contribution in [3.05, 3.63) is 125 Å². The Hall–Kier alpha value is -4.28. The summed E-state index contributed by atoms with van der Waals surface area (Å²) < 4.78 is 13.6. The van der Waals surface area contributed by atoms with Crippen molar-refractivity contribution in [3.8, 4) is 5.75 Å². The summed E-state index contributed by atoms with van der Waals surface area (Å²) in [5, 5.41) is 0. The van der Waals surface area contributed by atoms with Crippen LogP contribution in [0.25, 0.3) is 5.57 Å². The second-order valence-corrected chi connectivity index (χ2v) is 12.4. The molecule has 0 unspecified atom stereocenters. The molecule has 6 rings (SSSR count). The molecule has 0 radical (unpaired) electrons. The average molecular weight is 659 g/mol. The van der Waals surface area contributed by atoms with E-state index in [2.05, 4.69) is 15.9 Å². The molecule has 8 nitrogen and oxygen atoms in total. The number of halogens is 1. The van der Waals surface area contributed by atoms with Crippen LogP contribution < -0.4 is 24.5 Å². The number of benzene rings is 3. The van der Waals surface area contributed by atoms with Crippen molar-refractivity contribution in [3.63, 3.8) is 0 Å². The quantitative estimate of drug-likeness (QED) is 0.276. The third-order valence-electron chi connectivity index (χ3n) is 7.36. The molecule has 0 saturated heterocycles. The van der Waals surface area contributed by atoms with E-state index in [0.29, 0.717) is 39.5 Å². The smallest absolute Gasteiger partial charge is 0.338 e. The monoisotopic (exact) mass is 657 g/mol. The van der Waals surface area contributed by atoms with Crippen LogP contribution in [0.5, 0.6) is 5.75 Å². The van der Waals surface area contributed by atoms with Gasteiger partial charge in [0.15, 0.2) is 4.80 Å². The van der Waals surface area contributed by atoms with E-state index >= 15 is 0 Å². The summed E-state index contributed by atoms with van der Waals surface area (Å²) in [6.07, 6.45) is -0.368. The number of anilines is 1. The molecule has 0 spiro atoms. The number of amides is 1. The zero-order valence-electron chi connectivity index (χ0n) is 24.0. The molecule has 43 heavy (non-hydrogen) atoms. The Morgan fingerprint density at radius 3 is 2.53 bits per heavy atom. The van der Waals surface area contributed by atoms with Crippen LogP contribution in [-0.2, 0) is 20.9 Å². The van der Waals surface area contributed by atoms with Crippen LogP contribution in [-0.4, -0.2) is 29.7 Å². The van der Waals surface area contributed by atoms with Gasteiger partial charge in [-0.3, -0.25) is 14.2 Å². The maximum absolute atomic E-state index is 14.4. The van der Waals surface area contributed by atoms with Gasteiger partial charge in [0.05, 0.1) is 48.3 Å². The lowest BCUT2D eigenvalue weighted by Crippen LogP contribution is -2.41. The lowest BCUT2D eigenvalue weighted by atomic mass is 9.95. The van der Waals surface area contributed by atoms with Gasteiger partial charge in [-0.25, -0.2) is 9.79 Å². The largest absolute Gasteiger partial charge is 0.497 e. The number of methoxy groups -OCH3 is 1. The lowest BCUT2D eigenvalue weighted by molar-refractivity contribution is -0.143. The summed E-state index contributed by atoms with van der Waals surface area (Å²) >= 11 is 4.69. The van der Waals surface area contributed by atoms with Crippen LogP contribution >= 0.6 is 27.3 Å². The Kier molecular flexibility index (Phi) is 7.66. The molecule has 3 heterocycles. The van der Waals surface area contributed by atoms with E-state index in [4.69, 9.17) is 14.5 Å². The molecule has 1 amide bonds. The van der Waals surface area contributed by atoms with E-state index in [1.165, 1.54) is 4.57 Å². The molecule has 2 aliphatic rings. The predicted molar refractivity (Wildman–Crippen MR) is 169 cm³/mol. The first-order chi connectivity index (χ1) is 20.7. The molecular weight excluding hydrogens is 630 g/mol. The third-order valence-corrected chi connectivity index (χ3v) is 8.90. The zero-order valence-corrected chi connectivity index (χ0v) is 26.4. The number of carbonyl (C=O) groups excluding carboxylic acids is 2. The van der Waals surface area contributed by atoms with E-state index in [9.17, 15) is 14.4 Å². The highest BCUT2D eigenvalue weighted by Gasteiger charge is 2.38. The standard InChI is InChI=1S/C33H28BrN3O5S/c1-18(2)42-32(40)26-19(3)35-33-37(28(26)21-11-8-12-23(15-21)41-4)31(39)29(43-33)27-24-16-22(34)13-14-25(24)36(30(27)38)17-20-9-6-5-7-10-20/h5-16,18,28H,17H2,1-4H3/b29-27+/t28-/m1/s1. The first-order valence-electron chi connectivity index (χ1n) is 13.7. The second-order valence-electron chi connectivity index (χ2n) is 10.5. The van der Waals surface area contributed by atoms with Gasteiger partial charge in [0.1, 0.15) is 10.3 Å². The number of hydrogen-bond acceptors (Lipinski definition) is 7. The van der Waals surface area contributed by atoms with Gasteiger partial charge in [0.2, 0.25) is 0 Å². The van der Waals surface area contributed by atoms with Crippen LogP contribution in [0.1, 0.15) is 43.5 Å². The fourth-order valence-electron chi connectivity index (χ4n) is 5.48. The van der Waals surface area contributed by atoms with Crippen molar-refractivity contribution in [1.29, 1.82) is 0 Å². The van der Waals surface area contributed by atoms with E-state index in [-0.39, 0.29) is 22.1 Å². The van der Waals surface area contributed by atoms with E-state index in [1.807, 2.05) is 60.7 Å². The van der Waals surface area contributed by atoms with Crippen LogP contribution in [0.3, 0.4) is 0 Å². The minimum absolute atomic E-state index is 0.262. The number of nitrogens with zero attached hydrogens (tertiary/aromatic N) is 3. The number of ether oxygens (including phenoxy) is 2. The predicted octanol–water partition coefficient (Wildman–Crippen LogP) is 4.87. The number of allylic oxidation sites excluding steroid dienone is 1. The molecule has 0 saturated carbocycles. The van der Waals surface area contributed by atoms with E-state index in [1.54, 1.807) is 44.9 Å². The fraction of sp³-hybridized carbons (Fsp3) is 0.212. The molecule has 2 aliphatic heterocycles. The van der Waals surface area contributed by atoms with Gasteiger partial charge in [-0.2, -0.15) is 0 Å². The maximum Gasteiger partial charge on any atom is 0.338 e. The molecule has 0 fully saturated rings. The third kappa shape index (κ3) is 5.14. The summed E-state index contributed by atoms with van der Waals surface area (Å²) in [5.74, 6) is -0.243. The number of esters is 1. The molecule has 0 N–H and O–H groups in total. The van der Waals surface area contributed by atoms with Gasteiger partial charge < -0.3 is 14.4 Å². The highest BCUT2D eigenvalue weighted by molar-refractivity contribution is 9.10. The molecule has 0 aliphatic carbocycles. The van der Waals surface area contributed by atoms with Crippen molar-refractivity contribution >= 4 is 50.4 Å². The van der Waals surface area contributed by atoms with Crippen LogP contribution in [0.15, 0.2) is 98.3 Å². The molecular formula is C33H28BrN3O5S. The molecule has 10 heteroatoms. The summed E-state index contributed by atoms with van der Waals surface area (Å²) in [6, 6.07) is 21.8. The highest BCUT2D eigenvalue weighted by Crippen LogP contribution is 2.38.